The molecule has 1 N–H and O–H groups in total. The van der Waals surface area contributed by atoms with E-state index in [0.717, 1.165) is 10.6 Å². The van der Waals surface area contributed by atoms with Crippen LogP contribution in [0.1, 0.15) is 10.4 Å². The fraction of sp³-hybridized carbons (Fsp3) is 0.188. The molecule has 1 heterocycles. The number of methoxy groups -OCH3 is 1. The van der Waals surface area contributed by atoms with Crippen molar-refractivity contribution in [3.8, 4) is 0 Å². The first-order valence-corrected chi connectivity index (χ1v) is 7.90. The van der Waals surface area contributed by atoms with Crippen LogP contribution in [0.25, 0.3) is 0 Å². The molecule has 1 aromatic carbocycles. The van der Waals surface area contributed by atoms with Gasteiger partial charge in [0.1, 0.15) is 6.54 Å². The fourth-order valence-corrected chi connectivity index (χ4v) is 2.47. The summed E-state index contributed by atoms with van der Waals surface area (Å²) < 4.78 is 30.1. The summed E-state index contributed by atoms with van der Waals surface area (Å²) in [6.07, 6.45) is 1.23. The third-order valence-electron chi connectivity index (χ3n) is 3.08. The van der Waals surface area contributed by atoms with E-state index in [1.54, 1.807) is 0 Å². The van der Waals surface area contributed by atoms with E-state index in [1.807, 2.05) is 0 Å². The van der Waals surface area contributed by atoms with E-state index in [0.29, 0.717) is 22.3 Å². The lowest BCUT2D eigenvalue weighted by Crippen LogP contribution is -2.27. The molecular formula is C16H14F2N2O4S. The second-order valence-corrected chi connectivity index (χ2v) is 5.89. The van der Waals surface area contributed by atoms with Crippen LogP contribution in [0.15, 0.2) is 52.3 Å². The highest BCUT2D eigenvalue weighted by atomic mass is 32.2. The number of pyridine rings is 1. The van der Waals surface area contributed by atoms with E-state index in [1.165, 1.54) is 43.6 Å². The van der Waals surface area contributed by atoms with Crippen LogP contribution in [-0.2, 0) is 16.1 Å². The number of carbonyl (C=O) groups excluding carboxylic acids is 2. The number of amides is 1. The lowest BCUT2D eigenvalue weighted by molar-refractivity contribution is -0.116. The number of hydrogen-bond acceptors (Lipinski definition) is 5. The standard InChI is InChI=1S/C16H14F2N2O4S/c1-24-15(23)10-2-7-14(22)20(8-10)9-13(21)19-11-3-5-12(6-4-11)25-16(17)18/h2-8,16H,9H2,1H3,(H,19,21). The van der Waals surface area contributed by atoms with E-state index in [4.69, 9.17) is 0 Å². The minimum atomic E-state index is -2.52. The van der Waals surface area contributed by atoms with Crippen molar-refractivity contribution in [3.63, 3.8) is 0 Å². The number of carbonyl (C=O) groups is 2. The molecule has 0 radical (unpaired) electrons. The summed E-state index contributed by atoms with van der Waals surface area (Å²) in [6.45, 7) is -0.308. The SMILES string of the molecule is COC(=O)c1ccc(=O)n(CC(=O)Nc2ccc(SC(F)F)cc2)c1. The topological polar surface area (TPSA) is 77.4 Å². The molecule has 0 atom stereocenters. The van der Waals surface area contributed by atoms with E-state index >= 15 is 0 Å². The van der Waals surface area contributed by atoms with Gasteiger partial charge in [-0.1, -0.05) is 11.8 Å². The Balaban J connectivity index is 2.05. The van der Waals surface area contributed by atoms with Crippen LogP contribution in [0.3, 0.4) is 0 Å². The second kappa shape index (κ2) is 8.43. The summed E-state index contributed by atoms with van der Waals surface area (Å²) >= 11 is 0.402. The molecule has 0 aliphatic rings. The molecule has 0 aliphatic heterocycles. The average Bonchev–Trinajstić information content (AvgIpc) is 2.57. The molecule has 2 rings (SSSR count). The van der Waals surface area contributed by atoms with Gasteiger partial charge in [0, 0.05) is 22.8 Å². The Labute approximate surface area is 145 Å². The van der Waals surface area contributed by atoms with Gasteiger partial charge in [-0.2, -0.15) is 8.78 Å². The number of aromatic nitrogens is 1. The third-order valence-corrected chi connectivity index (χ3v) is 3.80. The summed E-state index contributed by atoms with van der Waals surface area (Å²) in [5.74, 6) is -3.64. The van der Waals surface area contributed by atoms with Crippen LogP contribution < -0.4 is 10.9 Å². The maximum atomic E-state index is 12.3. The largest absolute Gasteiger partial charge is 0.465 e. The highest BCUT2D eigenvalue weighted by Gasteiger charge is 2.11. The Bertz CT molecular complexity index is 822. The minimum Gasteiger partial charge on any atom is -0.465 e. The van der Waals surface area contributed by atoms with E-state index in [-0.39, 0.29) is 12.1 Å². The lowest BCUT2D eigenvalue weighted by atomic mass is 10.3. The Hall–Kier alpha value is -2.68. The predicted octanol–water partition coefficient (Wildman–Crippen LogP) is 2.59. The van der Waals surface area contributed by atoms with Crippen molar-refractivity contribution >= 4 is 29.3 Å². The molecule has 0 saturated carbocycles. The smallest absolute Gasteiger partial charge is 0.339 e. The van der Waals surface area contributed by atoms with Crippen LogP contribution in [0.2, 0.25) is 0 Å². The van der Waals surface area contributed by atoms with E-state index in [9.17, 15) is 23.2 Å². The number of alkyl halides is 2. The number of thioether (sulfide) groups is 1. The molecule has 0 spiro atoms. The molecule has 132 valence electrons. The zero-order valence-electron chi connectivity index (χ0n) is 13.1. The number of esters is 1. The third kappa shape index (κ3) is 5.42. The van der Waals surface area contributed by atoms with Gasteiger partial charge in [0.05, 0.1) is 12.7 Å². The van der Waals surface area contributed by atoms with Gasteiger partial charge >= 0.3 is 5.97 Å². The average molecular weight is 368 g/mol. The molecule has 1 amide bonds. The zero-order chi connectivity index (χ0) is 18.4. The number of anilines is 1. The van der Waals surface area contributed by atoms with Crippen LogP contribution in [0, 0.1) is 0 Å². The van der Waals surface area contributed by atoms with Crippen molar-refractivity contribution in [2.45, 2.75) is 17.2 Å². The van der Waals surface area contributed by atoms with Gasteiger partial charge in [0.25, 0.3) is 11.3 Å². The summed E-state index contributed by atoms with van der Waals surface area (Å²) in [7, 11) is 1.21. The first kappa shape index (κ1) is 18.7. The van der Waals surface area contributed by atoms with Crippen LogP contribution in [-0.4, -0.2) is 29.3 Å². The normalized spacial score (nSPS) is 10.6. The van der Waals surface area contributed by atoms with Crippen LogP contribution in [0.4, 0.5) is 14.5 Å². The summed E-state index contributed by atoms with van der Waals surface area (Å²) in [6, 6.07) is 8.34. The Kier molecular flexibility index (Phi) is 6.29. The summed E-state index contributed by atoms with van der Waals surface area (Å²) in [5, 5.41) is 2.55. The number of hydrogen-bond donors (Lipinski definition) is 1. The number of ether oxygens (including phenoxy) is 1. The second-order valence-electron chi connectivity index (χ2n) is 4.83. The fourth-order valence-electron chi connectivity index (χ4n) is 1.97. The van der Waals surface area contributed by atoms with Crippen molar-refractivity contribution in [3.05, 3.63) is 58.5 Å². The first-order valence-electron chi connectivity index (χ1n) is 7.02. The van der Waals surface area contributed by atoms with Crippen molar-refractivity contribution in [1.82, 2.24) is 4.57 Å². The van der Waals surface area contributed by atoms with Crippen molar-refractivity contribution < 1.29 is 23.1 Å². The summed E-state index contributed by atoms with van der Waals surface area (Å²) in [5.41, 5.74) is 0.0931. The molecule has 0 bridgehead atoms. The van der Waals surface area contributed by atoms with Gasteiger partial charge in [-0.3, -0.25) is 9.59 Å². The Morgan fingerprint density at radius 2 is 1.88 bits per heavy atom. The molecule has 0 saturated heterocycles. The molecule has 9 heteroatoms. The Morgan fingerprint density at radius 3 is 2.48 bits per heavy atom. The lowest BCUT2D eigenvalue weighted by Gasteiger charge is -2.09. The molecule has 1 aromatic heterocycles. The number of nitrogens with one attached hydrogen (secondary N) is 1. The van der Waals surface area contributed by atoms with Crippen LogP contribution >= 0.6 is 11.8 Å². The van der Waals surface area contributed by atoms with Crippen LogP contribution in [0.5, 0.6) is 0 Å². The molecule has 25 heavy (non-hydrogen) atoms. The minimum absolute atomic E-state index is 0.142. The maximum absolute atomic E-state index is 12.3. The monoisotopic (exact) mass is 368 g/mol. The van der Waals surface area contributed by atoms with Crippen molar-refractivity contribution in [1.29, 1.82) is 0 Å². The first-order chi connectivity index (χ1) is 11.9. The van der Waals surface area contributed by atoms with Gasteiger partial charge < -0.3 is 14.6 Å². The highest BCUT2D eigenvalue weighted by Crippen LogP contribution is 2.26. The quantitative estimate of drug-likeness (QED) is 0.626. The molecular weight excluding hydrogens is 354 g/mol. The van der Waals surface area contributed by atoms with Gasteiger partial charge in [0.2, 0.25) is 5.91 Å². The number of halogens is 2. The molecule has 2 aromatic rings. The van der Waals surface area contributed by atoms with Crippen molar-refractivity contribution in [2.24, 2.45) is 0 Å². The van der Waals surface area contributed by atoms with E-state index < -0.39 is 23.2 Å². The van der Waals surface area contributed by atoms with Gasteiger partial charge in [-0.05, 0) is 30.3 Å². The van der Waals surface area contributed by atoms with Gasteiger partial charge in [0.15, 0.2) is 0 Å². The van der Waals surface area contributed by atoms with E-state index in [2.05, 4.69) is 10.1 Å². The zero-order valence-corrected chi connectivity index (χ0v) is 13.9. The highest BCUT2D eigenvalue weighted by molar-refractivity contribution is 7.99. The molecule has 0 fully saturated rings. The van der Waals surface area contributed by atoms with Gasteiger partial charge in [-0.15, -0.1) is 0 Å². The number of benzene rings is 1. The van der Waals surface area contributed by atoms with Gasteiger partial charge in [-0.25, -0.2) is 4.79 Å². The molecule has 0 unspecified atom stereocenters. The molecule has 0 aliphatic carbocycles. The van der Waals surface area contributed by atoms with Crippen molar-refractivity contribution in [2.75, 3.05) is 12.4 Å². The Morgan fingerprint density at radius 1 is 1.20 bits per heavy atom. The predicted molar refractivity (Wildman–Crippen MR) is 89.0 cm³/mol. The number of rotatable bonds is 6. The molecule has 6 nitrogen and oxygen atoms in total. The number of nitrogens with zero attached hydrogens (tertiary/aromatic N) is 1. The maximum Gasteiger partial charge on any atom is 0.339 e. The summed E-state index contributed by atoms with van der Waals surface area (Å²) in [4.78, 5) is 35.6.